The Kier molecular flexibility index (Phi) is 5.69. The highest BCUT2D eigenvalue weighted by Crippen LogP contribution is 2.19. The van der Waals surface area contributed by atoms with Gasteiger partial charge in [-0.3, -0.25) is 9.69 Å². The van der Waals surface area contributed by atoms with Gasteiger partial charge >= 0.3 is 0 Å². The van der Waals surface area contributed by atoms with Crippen molar-refractivity contribution >= 4 is 16.9 Å². The van der Waals surface area contributed by atoms with Crippen molar-refractivity contribution in [1.29, 1.82) is 0 Å². The maximum Gasteiger partial charge on any atom is 0.251 e. The van der Waals surface area contributed by atoms with Gasteiger partial charge in [0.1, 0.15) is 11.9 Å². The molecule has 146 valence electrons. The third kappa shape index (κ3) is 4.24. The summed E-state index contributed by atoms with van der Waals surface area (Å²) in [4.78, 5) is 23.1. The number of aromatic nitrogens is 2. The lowest BCUT2D eigenvalue weighted by atomic mass is 10.1. The van der Waals surface area contributed by atoms with E-state index in [1.807, 2.05) is 49.4 Å². The zero-order chi connectivity index (χ0) is 19.3. The van der Waals surface area contributed by atoms with Gasteiger partial charge in [0.15, 0.2) is 0 Å². The Balaban J connectivity index is 1.40. The van der Waals surface area contributed by atoms with Crippen LogP contribution in [0.3, 0.4) is 0 Å². The van der Waals surface area contributed by atoms with Gasteiger partial charge < -0.3 is 15.0 Å². The molecule has 1 saturated heterocycles. The van der Waals surface area contributed by atoms with Crippen LogP contribution >= 0.6 is 0 Å². The lowest BCUT2D eigenvalue weighted by Gasteiger charge is -2.32. The Morgan fingerprint density at radius 1 is 1.25 bits per heavy atom. The monoisotopic (exact) mass is 378 g/mol. The predicted octanol–water partition coefficient (Wildman–Crippen LogP) is 3.03. The highest BCUT2D eigenvalue weighted by molar-refractivity contribution is 5.82. The maximum atomic E-state index is 12.8. The summed E-state index contributed by atoms with van der Waals surface area (Å²) in [6, 6.07) is 18.1. The minimum Gasteiger partial charge on any atom is -0.366 e. The molecule has 0 bridgehead atoms. The van der Waals surface area contributed by atoms with Gasteiger partial charge in [0.05, 0.1) is 23.7 Å². The number of morpholine rings is 1. The van der Waals surface area contributed by atoms with Crippen LogP contribution in [0.2, 0.25) is 0 Å². The summed E-state index contributed by atoms with van der Waals surface area (Å²) in [7, 11) is 0. The van der Waals surface area contributed by atoms with Gasteiger partial charge in [-0.25, -0.2) is 4.98 Å². The Hall–Kier alpha value is -2.70. The Morgan fingerprint density at radius 2 is 2.04 bits per heavy atom. The van der Waals surface area contributed by atoms with Gasteiger partial charge in [-0.05, 0) is 24.1 Å². The Morgan fingerprint density at radius 3 is 2.82 bits per heavy atom. The number of carbonyl (C=O) groups is 1. The second kappa shape index (κ2) is 8.54. The van der Waals surface area contributed by atoms with Crippen LogP contribution in [-0.2, 0) is 16.1 Å². The van der Waals surface area contributed by atoms with E-state index in [-0.39, 0.29) is 11.9 Å². The van der Waals surface area contributed by atoms with Gasteiger partial charge in [-0.2, -0.15) is 0 Å². The van der Waals surface area contributed by atoms with Crippen molar-refractivity contribution in [3.05, 3.63) is 66.0 Å². The highest BCUT2D eigenvalue weighted by Gasteiger charge is 2.28. The van der Waals surface area contributed by atoms with Crippen LogP contribution in [-0.4, -0.2) is 46.6 Å². The number of hydrogen-bond donors (Lipinski definition) is 2. The quantitative estimate of drug-likeness (QED) is 0.692. The molecular formula is C22H26N4O2. The van der Waals surface area contributed by atoms with Crippen LogP contribution in [0.15, 0.2) is 54.6 Å². The van der Waals surface area contributed by atoms with Crippen LogP contribution in [0.25, 0.3) is 11.0 Å². The molecule has 0 aliphatic carbocycles. The van der Waals surface area contributed by atoms with E-state index in [1.165, 1.54) is 5.56 Å². The molecule has 2 aromatic carbocycles. The van der Waals surface area contributed by atoms with Crippen LogP contribution < -0.4 is 5.32 Å². The van der Waals surface area contributed by atoms with Crippen molar-refractivity contribution in [2.24, 2.45) is 0 Å². The smallest absolute Gasteiger partial charge is 0.251 e. The largest absolute Gasteiger partial charge is 0.366 e. The van der Waals surface area contributed by atoms with Crippen molar-refractivity contribution in [2.75, 3.05) is 19.7 Å². The molecule has 2 atom stereocenters. The summed E-state index contributed by atoms with van der Waals surface area (Å²) in [6.07, 6.45) is 0.294. The third-order valence-corrected chi connectivity index (χ3v) is 5.15. The Bertz CT molecular complexity index is 891. The summed E-state index contributed by atoms with van der Waals surface area (Å²) < 4.78 is 5.76. The van der Waals surface area contributed by atoms with Gasteiger partial charge in [0.25, 0.3) is 5.91 Å². The van der Waals surface area contributed by atoms with E-state index in [0.29, 0.717) is 13.2 Å². The second-order valence-electron chi connectivity index (χ2n) is 7.19. The fraction of sp³-hybridized carbons (Fsp3) is 0.364. The molecule has 2 N–H and O–H groups in total. The average molecular weight is 378 g/mol. The SMILES string of the molecule is CCC(NC(=O)C1CN(Cc2ccccc2)CCO1)c1nc2ccccc2[nH]1. The predicted molar refractivity (Wildman–Crippen MR) is 109 cm³/mol. The number of aromatic amines is 1. The number of benzene rings is 2. The summed E-state index contributed by atoms with van der Waals surface area (Å²) in [5.41, 5.74) is 3.14. The topological polar surface area (TPSA) is 70.2 Å². The molecule has 0 spiro atoms. The van der Waals surface area contributed by atoms with Crippen molar-refractivity contribution in [2.45, 2.75) is 32.0 Å². The summed E-state index contributed by atoms with van der Waals surface area (Å²) >= 11 is 0. The number of rotatable bonds is 6. The molecule has 3 aromatic rings. The minimum atomic E-state index is -0.462. The van der Waals surface area contributed by atoms with E-state index in [2.05, 4.69) is 32.3 Å². The number of carbonyl (C=O) groups excluding carboxylic acids is 1. The lowest BCUT2D eigenvalue weighted by molar-refractivity contribution is -0.139. The van der Waals surface area contributed by atoms with Crippen molar-refractivity contribution in [1.82, 2.24) is 20.2 Å². The van der Waals surface area contributed by atoms with Crippen molar-refractivity contribution in [3.8, 4) is 0 Å². The number of nitrogens with zero attached hydrogens (tertiary/aromatic N) is 2. The number of imidazole rings is 1. The number of para-hydroxylation sites is 2. The van der Waals surface area contributed by atoms with E-state index < -0.39 is 6.10 Å². The molecule has 1 aliphatic rings. The van der Waals surface area contributed by atoms with E-state index in [0.717, 1.165) is 36.4 Å². The van der Waals surface area contributed by atoms with Crippen LogP contribution in [0.4, 0.5) is 0 Å². The molecule has 1 aromatic heterocycles. The van der Waals surface area contributed by atoms with Gasteiger partial charge in [0.2, 0.25) is 0 Å². The fourth-order valence-electron chi connectivity index (χ4n) is 3.61. The number of H-pyrrole nitrogens is 1. The minimum absolute atomic E-state index is 0.0786. The normalized spacial score (nSPS) is 18.8. The van der Waals surface area contributed by atoms with Crippen LogP contribution in [0.1, 0.15) is 30.8 Å². The molecule has 6 nitrogen and oxygen atoms in total. The molecule has 6 heteroatoms. The Labute approximate surface area is 164 Å². The highest BCUT2D eigenvalue weighted by atomic mass is 16.5. The molecule has 2 heterocycles. The summed E-state index contributed by atoms with van der Waals surface area (Å²) in [6.45, 7) is 4.86. The second-order valence-corrected chi connectivity index (χ2v) is 7.19. The molecule has 0 saturated carbocycles. The molecule has 1 amide bonds. The first-order valence-electron chi connectivity index (χ1n) is 9.86. The van der Waals surface area contributed by atoms with E-state index in [4.69, 9.17) is 4.74 Å². The lowest BCUT2D eigenvalue weighted by Crippen LogP contribution is -2.50. The first-order chi connectivity index (χ1) is 13.7. The molecule has 2 unspecified atom stereocenters. The molecule has 4 rings (SSSR count). The van der Waals surface area contributed by atoms with E-state index >= 15 is 0 Å². The standard InChI is InChI=1S/C22H26N4O2/c1-2-17(21-23-18-10-6-7-11-19(18)24-21)25-22(27)20-15-26(12-13-28-20)14-16-8-4-3-5-9-16/h3-11,17,20H,2,12-15H2,1H3,(H,23,24)(H,25,27). The van der Waals surface area contributed by atoms with Crippen molar-refractivity contribution in [3.63, 3.8) is 0 Å². The fourth-order valence-corrected chi connectivity index (χ4v) is 3.61. The zero-order valence-corrected chi connectivity index (χ0v) is 16.1. The number of hydrogen-bond acceptors (Lipinski definition) is 4. The molecular weight excluding hydrogens is 352 g/mol. The molecule has 28 heavy (non-hydrogen) atoms. The first kappa shape index (κ1) is 18.7. The maximum absolute atomic E-state index is 12.8. The van der Waals surface area contributed by atoms with Gasteiger partial charge in [-0.15, -0.1) is 0 Å². The summed E-state index contributed by atoms with van der Waals surface area (Å²) in [5.74, 6) is 0.707. The van der Waals surface area contributed by atoms with E-state index in [1.54, 1.807) is 0 Å². The van der Waals surface area contributed by atoms with Crippen molar-refractivity contribution < 1.29 is 9.53 Å². The zero-order valence-electron chi connectivity index (χ0n) is 16.1. The number of ether oxygens (including phenoxy) is 1. The number of amides is 1. The third-order valence-electron chi connectivity index (χ3n) is 5.15. The molecule has 1 aliphatic heterocycles. The first-order valence-corrected chi connectivity index (χ1v) is 9.86. The van der Waals surface area contributed by atoms with E-state index in [9.17, 15) is 4.79 Å². The molecule has 1 fully saturated rings. The number of fused-ring (bicyclic) bond motifs is 1. The average Bonchev–Trinajstić information content (AvgIpc) is 3.17. The van der Waals surface area contributed by atoms with Gasteiger partial charge in [0, 0.05) is 19.6 Å². The number of nitrogens with one attached hydrogen (secondary N) is 2. The van der Waals surface area contributed by atoms with Gasteiger partial charge in [-0.1, -0.05) is 49.4 Å². The van der Waals surface area contributed by atoms with Crippen LogP contribution in [0.5, 0.6) is 0 Å². The molecule has 0 radical (unpaired) electrons. The summed E-state index contributed by atoms with van der Waals surface area (Å²) in [5, 5.41) is 3.11. The van der Waals surface area contributed by atoms with Crippen LogP contribution in [0, 0.1) is 0 Å².